The summed E-state index contributed by atoms with van der Waals surface area (Å²) in [6.07, 6.45) is 1.13. The Labute approximate surface area is 131 Å². The lowest BCUT2D eigenvalue weighted by atomic mass is 9.89. The van der Waals surface area contributed by atoms with E-state index in [1.165, 1.54) is 7.11 Å². The molecule has 2 rings (SSSR count). The Bertz CT molecular complexity index is 470. The normalized spacial score (nSPS) is 21.7. The lowest BCUT2D eigenvalue weighted by Gasteiger charge is -2.31. The number of hydrogen-bond acceptors (Lipinski definition) is 4. The van der Waals surface area contributed by atoms with E-state index in [2.05, 4.69) is 17.1 Å². The van der Waals surface area contributed by atoms with E-state index in [0.717, 1.165) is 43.2 Å². The molecule has 0 aromatic heterocycles. The molecule has 0 saturated carbocycles. The number of methoxy groups -OCH3 is 1. The molecule has 4 nitrogen and oxygen atoms in total. The molecule has 21 heavy (non-hydrogen) atoms. The zero-order valence-corrected chi connectivity index (χ0v) is 13.4. The summed E-state index contributed by atoms with van der Waals surface area (Å²) in [7, 11) is 1.43. The van der Waals surface area contributed by atoms with E-state index in [9.17, 15) is 4.79 Å². The first-order valence-corrected chi connectivity index (χ1v) is 7.63. The number of hydrogen-bond donors (Lipinski definition) is 1. The lowest BCUT2D eigenvalue weighted by molar-refractivity contribution is -0.142. The standard InChI is InChI=1S/C16H23ClN2O2/c1-16(7-8-18-11-16)12-19(10-15(20)21-2)9-13-3-5-14(17)6-4-13/h3-6,18H,7-12H2,1-2H3. The Morgan fingerprint density at radius 2 is 2.14 bits per heavy atom. The van der Waals surface area contributed by atoms with Crippen LogP contribution in [0.1, 0.15) is 18.9 Å². The molecular weight excluding hydrogens is 288 g/mol. The van der Waals surface area contributed by atoms with Crippen LogP contribution in [0.15, 0.2) is 24.3 Å². The number of carbonyl (C=O) groups is 1. The molecule has 1 aliphatic rings. The molecule has 1 unspecified atom stereocenters. The highest BCUT2D eigenvalue weighted by Crippen LogP contribution is 2.26. The molecule has 1 aromatic carbocycles. The average molecular weight is 311 g/mol. The smallest absolute Gasteiger partial charge is 0.319 e. The molecule has 0 amide bonds. The second-order valence-electron chi connectivity index (χ2n) is 6.09. The molecular formula is C16H23ClN2O2. The molecule has 0 bridgehead atoms. The molecule has 1 heterocycles. The van der Waals surface area contributed by atoms with Gasteiger partial charge in [-0.1, -0.05) is 30.7 Å². The number of esters is 1. The van der Waals surface area contributed by atoms with E-state index in [1.54, 1.807) is 0 Å². The highest BCUT2D eigenvalue weighted by molar-refractivity contribution is 6.30. The highest BCUT2D eigenvalue weighted by atomic mass is 35.5. The Hall–Kier alpha value is -1.10. The Kier molecular flexibility index (Phi) is 5.62. The van der Waals surface area contributed by atoms with Crippen molar-refractivity contribution in [1.82, 2.24) is 10.2 Å². The van der Waals surface area contributed by atoms with Crippen LogP contribution in [0.4, 0.5) is 0 Å². The van der Waals surface area contributed by atoms with Crippen molar-refractivity contribution in [3.63, 3.8) is 0 Å². The molecule has 1 aromatic rings. The van der Waals surface area contributed by atoms with Crippen LogP contribution < -0.4 is 5.32 Å². The van der Waals surface area contributed by atoms with Gasteiger partial charge in [-0.25, -0.2) is 0 Å². The fourth-order valence-corrected chi connectivity index (χ4v) is 2.93. The summed E-state index contributed by atoms with van der Waals surface area (Å²) >= 11 is 5.92. The Morgan fingerprint density at radius 3 is 2.71 bits per heavy atom. The fourth-order valence-electron chi connectivity index (χ4n) is 2.81. The van der Waals surface area contributed by atoms with E-state index in [-0.39, 0.29) is 11.4 Å². The van der Waals surface area contributed by atoms with Gasteiger partial charge in [-0.2, -0.15) is 0 Å². The largest absolute Gasteiger partial charge is 0.468 e. The zero-order chi connectivity index (χ0) is 15.3. The van der Waals surface area contributed by atoms with Gasteiger partial charge in [0.2, 0.25) is 0 Å². The number of ether oxygens (including phenoxy) is 1. The van der Waals surface area contributed by atoms with Crippen molar-refractivity contribution in [2.75, 3.05) is 33.3 Å². The maximum absolute atomic E-state index is 11.6. The summed E-state index contributed by atoms with van der Waals surface area (Å²) < 4.78 is 4.82. The van der Waals surface area contributed by atoms with Crippen molar-refractivity contribution < 1.29 is 9.53 Å². The van der Waals surface area contributed by atoms with Crippen molar-refractivity contribution in [2.45, 2.75) is 19.9 Å². The molecule has 116 valence electrons. The molecule has 5 heteroatoms. The number of rotatable bonds is 6. The minimum Gasteiger partial charge on any atom is -0.468 e. The minimum atomic E-state index is -0.196. The van der Waals surface area contributed by atoms with Gasteiger partial charge in [0.25, 0.3) is 0 Å². The predicted molar refractivity (Wildman–Crippen MR) is 84.3 cm³/mol. The monoisotopic (exact) mass is 310 g/mol. The molecule has 0 aliphatic carbocycles. The fraction of sp³-hybridized carbons (Fsp3) is 0.562. The summed E-state index contributed by atoms with van der Waals surface area (Å²) in [6.45, 7) is 6.21. The van der Waals surface area contributed by atoms with E-state index >= 15 is 0 Å². The van der Waals surface area contributed by atoms with Gasteiger partial charge in [-0.3, -0.25) is 9.69 Å². The van der Waals surface area contributed by atoms with Crippen LogP contribution in [0, 0.1) is 5.41 Å². The van der Waals surface area contributed by atoms with Gasteiger partial charge < -0.3 is 10.1 Å². The number of nitrogens with zero attached hydrogens (tertiary/aromatic N) is 1. The van der Waals surface area contributed by atoms with Crippen LogP contribution in [0.25, 0.3) is 0 Å². The van der Waals surface area contributed by atoms with Gasteiger partial charge in [0.15, 0.2) is 0 Å². The number of carbonyl (C=O) groups excluding carboxylic acids is 1. The van der Waals surface area contributed by atoms with Crippen LogP contribution in [0.5, 0.6) is 0 Å². The van der Waals surface area contributed by atoms with Crippen LogP contribution >= 0.6 is 11.6 Å². The lowest BCUT2D eigenvalue weighted by Crippen LogP contribution is -2.40. The minimum absolute atomic E-state index is 0.196. The first kappa shape index (κ1) is 16.3. The van der Waals surface area contributed by atoms with E-state index in [1.807, 2.05) is 24.3 Å². The van der Waals surface area contributed by atoms with E-state index < -0.39 is 0 Å². The molecule has 1 fully saturated rings. The summed E-state index contributed by atoms with van der Waals surface area (Å²) in [5.74, 6) is -0.196. The second-order valence-corrected chi connectivity index (χ2v) is 6.52. The number of nitrogens with one attached hydrogen (secondary N) is 1. The topological polar surface area (TPSA) is 41.6 Å². The van der Waals surface area contributed by atoms with Gasteiger partial charge in [0.05, 0.1) is 13.7 Å². The van der Waals surface area contributed by atoms with Crippen molar-refractivity contribution in [1.29, 1.82) is 0 Å². The van der Waals surface area contributed by atoms with E-state index in [4.69, 9.17) is 16.3 Å². The van der Waals surface area contributed by atoms with Gasteiger partial charge >= 0.3 is 5.97 Å². The van der Waals surface area contributed by atoms with Gasteiger partial charge in [-0.05, 0) is 36.1 Å². The molecule has 1 atom stereocenters. The quantitative estimate of drug-likeness (QED) is 0.819. The maximum Gasteiger partial charge on any atom is 0.319 e. The third kappa shape index (κ3) is 4.99. The first-order chi connectivity index (χ1) is 10.0. The summed E-state index contributed by atoms with van der Waals surface area (Å²) in [4.78, 5) is 13.8. The second kappa shape index (κ2) is 7.25. The molecule has 1 aliphatic heterocycles. The van der Waals surface area contributed by atoms with Gasteiger partial charge in [0, 0.05) is 24.7 Å². The van der Waals surface area contributed by atoms with Crippen molar-refractivity contribution >= 4 is 17.6 Å². The third-order valence-corrected chi connectivity index (χ3v) is 4.21. The van der Waals surface area contributed by atoms with Crippen LogP contribution in [-0.2, 0) is 16.1 Å². The molecule has 0 spiro atoms. The van der Waals surface area contributed by atoms with Gasteiger partial charge in [-0.15, -0.1) is 0 Å². The van der Waals surface area contributed by atoms with E-state index in [0.29, 0.717) is 6.54 Å². The SMILES string of the molecule is COC(=O)CN(Cc1ccc(Cl)cc1)CC1(C)CCNC1. The highest BCUT2D eigenvalue weighted by Gasteiger charge is 2.31. The third-order valence-electron chi connectivity index (χ3n) is 3.96. The molecule has 1 saturated heterocycles. The first-order valence-electron chi connectivity index (χ1n) is 7.25. The van der Waals surface area contributed by atoms with Crippen molar-refractivity contribution in [2.24, 2.45) is 5.41 Å². The van der Waals surface area contributed by atoms with Crippen molar-refractivity contribution in [3.05, 3.63) is 34.9 Å². The maximum atomic E-state index is 11.6. The van der Waals surface area contributed by atoms with Crippen LogP contribution in [-0.4, -0.2) is 44.2 Å². The number of halogens is 1. The average Bonchev–Trinajstić information content (AvgIpc) is 2.87. The van der Waals surface area contributed by atoms with Crippen LogP contribution in [0.2, 0.25) is 5.02 Å². The summed E-state index contributed by atoms with van der Waals surface area (Å²) in [5, 5.41) is 4.12. The molecule has 1 N–H and O–H groups in total. The molecule has 0 radical (unpaired) electrons. The Balaban J connectivity index is 2.04. The van der Waals surface area contributed by atoms with Gasteiger partial charge in [0.1, 0.15) is 0 Å². The number of benzene rings is 1. The van der Waals surface area contributed by atoms with Crippen molar-refractivity contribution in [3.8, 4) is 0 Å². The summed E-state index contributed by atoms with van der Waals surface area (Å²) in [6, 6.07) is 7.77. The predicted octanol–water partition coefficient (Wildman–Crippen LogP) is 2.31. The zero-order valence-electron chi connectivity index (χ0n) is 12.7. The van der Waals surface area contributed by atoms with Crippen LogP contribution in [0.3, 0.4) is 0 Å². The summed E-state index contributed by atoms with van der Waals surface area (Å²) in [5.41, 5.74) is 1.36. The Morgan fingerprint density at radius 1 is 1.43 bits per heavy atom.